The lowest BCUT2D eigenvalue weighted by molar-refractivity contribution is 0.131. The smallest absolute Gasteiger partial charge is 0.161 e. The number of aromatic hydroxyl groups is 1. The molecule has 0 atom stereocenters. The molecule has 0 spiro atoms. The number of hydrogen-bond donors (Lipinski definition) is 1. The number of hydrazone groups is 1. The zero-order valence-corrected chi connectivity index (χ0v) is 16.8. The highest BCUT2D eigenvalue weighted by molar-refractivity contribution is 5.85. The minimum Gasteiger partial charge on any atom is -0.504 e. The molecular weight excluding hydrogens is 362 g/mol. The molecule has 4 rings (SSSR count). The van der Waals surface area contributed by atoms with Gasteiger partial charge in [0, 0.05) is 32.7 Å². The third kappa shape index (κ3) is 4.69. The van der Waals surface area contributed by atoms with Gasteiger partial charge in [0.25, 0.3) is 0 Å². The van der Waals surface area contributed by atoms with Crippen LogP contribution >= 0.6 is 0 Å². The van der Waals surface area contributed by atoms with Crippen LogP contribution in [0.15, 0.2) is 65.8 Å². The lowest BCUT2D eigenvalue weighted by atomic mass is 10.0. The highest BCUT2D eigenvalue weighted by Gasteiger charge is 2.16. The lowest BCUT2D eigenvalue weighted by Gasteiger charge is -2.33. The third-order valence-electron chi connectivity index (χ3n) is 5.28. The molecule has 5 nitrogen and oxygen atoms in total. The molecule has 0 saturated carbocycles. The van der Waals surface area contributed by atoms with Crippen LogP contribution in [-0.4, -0.2) is 54.0 Å². The summed E-state index contributed by atoms with van der Waals surface area (Å²) in [4.78, 5) is 2.49. The van der Waals surface area contributed by atoms with E-state index < -0.39 is 0 Å². The molecule has 0 aliphatic carbocycles. The number of nitrogens with zero attached hydrogens (tertiary/aromatic N) is 3. The summed E-state index contributed by atoms with van der Waals surface area (Å²) in [6, 6.07) is 20.4. The number of hydrogen-bond acceptors (Lipinski definition) is 5. The van der Waals surface area contributed by atoms with Gasteiger partial charge in [-0.3, -0.25) is 9.91 Å². The van der Waals surface area contributed by atoms with Gasteiger partial charge in [-0.2, -0.15) is 5.10 Å². The van der Waals surface area contributed by atoms with Crippen molar-refractivity contribution in [1.29, 1.82) is 0 Å². The van der Waals surface area contributed by atoms with E-state index in [0.717, 1.165) is 38.3 Å². The van der Waals surface area contributed by atoms with Crippen LogP contribution in [0.2, 0.25) is 0 Å². The molecule has 0 amide bonds. The number of phenols is 1. The molecule has 0 unspecified atom stereocenters. The van der Waals surface area contributed by atoms with E-state index in [2.05, 4.69) is 57.5 Å². The van der Waals surface area contributed by atoms with Gasteiger partial charge in [-0.1, -0.05) is 42.5 Å². The van der Waals surface area contributed by atoms with Gasteiger partial charge < -0.3 is 9.84 Å². The van der Waals surface area contributed by atoms with E-state index in [0.29, 0.717) is 12.4 Å². The van der Waals surface area contributed by atoms with E-state index >= 15 is 0 Å². The summed E-state index contributed by atoms with van der Waals surface area (Å²) in [5.74, 6) is 0.655. The van der Waals surface area contributed by atoms with Gasteiger partial charge in [-0.05, 0) is 47.0 Å². The highest BCUT2D eigenvalue weighted by Crippen LogP contribution is 2.26. The standard InChI is InChI=1S/C24H27N3O2/c1-2-29-24-16-19(10-11-23(24)28)17-25-27-14-12-26(13-15-27)18-21-8-5-7-20-6-3-4-9-22(20)21/h3-11,16-17,28H,2,12-15,18H2,1H3/b25-17+. The highest BCUT2D eigenvalue weighted by atomic mass is 16.5. The zero-order chi connectivity index (χ0) is 20.1. The molecule has 0 bridgehead atoms. The maximum absolute atomic E-state index is 9.81. The molecule has 1 aliphatic heterocycles. The van der Waals surface area contributed by atoms with E-state index in [1.165, 1.54) is 16.3 Å². The Kier molecular flexibility index (Phi) is 5.96. The molecule has 1 saturated heterocycles. The average molecular weight is 389 g/mol. The molecule has 3 aromatic rings. The molecule has 29 heavy (non-hydrogen) atoms. The number of benzene rings is 3. The van der Waals surface area contributed by atoms with Gasteiger partial charge in [0.15, 0.2) is 11.5 Å². The average Bonchev–Trinajstić information content (AvgIpc) is 2.76. The predicted molar refractivity (Wildman–Crippen MR) is 118 cm³/mol. The molecule has 1 N–H and O–H groups in total. The molecule has 150 valence electrons. The van der Waals surface area contributed by atoms with Crippen molar-refractivity contribution in [3.63, 3.8) is 0 Å². The second-order valence-corrected chi connectivity index (χ2v) is 7.27. The summed E-state index contributed by atoms with van der Waals surface area (Å²) in [6.07, 6.45) is 1.84. The molecular formula is C24H27N3O2. The zero-order valence-electron chi connectivity index (χ0n) is 16.8. The molecule has 3 aromatic carbocycles. The molecule has 5 heteroatoms. The maximum Gasteiger partial charge on any atom is 0.161 e. The van der Waals surface area contributed by atoms with Crippen molar-refractivity contribution in [2.75, 3.05) is 32.8 Å². The van der Waals surface area contributed by atoms with Gasteiger partial charge in [0.05, 0.1) is 12.8 Å². The van der Waals surface area contributed by atoms with Crippen molar-refractivity contribution < 1.29 is 9.84 Å². The second kappa shape index (κ2) is 8.97. The first-order valence-corrected chi connectivity index (χ1v) is 10.2. The van der Waals surface area contributed by atoms with Crippen LogP contribution in [-0.2, 0) is 6.54 Å². The fourth-order valence-corrected chi connectivity index (χ4v) is 3.71. The van der Waals surface area contributed by atoms with Crippen LogP contribution in [0.25, 0.3) is 10.8 Å². The first-order valence-electron chi connectivity index (χ1n) is 10.2. The van der Waals surface area contributed by atoms with Crippen molar-refractivity contribution in [1.82, 2.24) is 9.91 Å². The van der Waals surface area contributed by atoms with Crippen LogP contribution in [0.3, 0.4) is 0 Å². The monoisotopic (exact) mass is 389 g/mol. The normalized spacial score (nSPS) is 15.3. The van der Waals surface area contributed by atoms with Crippen LogP contribution in [0, 0.1) is 0 Å². The number of ether oxygens (including phenoxy) is 1. The van der Waals surface area contributed by atoms with Gasteiger partial charge in [0.1, 0.15) is 0 Å². The van der Waals surface area contributed by atoms with Crippen LogP contribution in [0.4, 0.5) is 0 Å². The Morgan fingerprint density at radius 1 is 1.00 bits per heavy atom. The number of fused-ring (bicyclic) bond motifs is 1. The van der Waals surface area contributed by atoms with Gasteiger partial charge in [0.2, 0.25) is 0 Å². The van der Waals surface area contributed by atoms with E-state index in [-0.39, 0.29) is 5.75 Å². The Morgan fingerprint density at radius 2 is 1.79 bits per heavy atom. The van der Waals surface area contributed by atoms with Crippen LogP contribution in [0.5, 0.6) is 11.5 Å². The summed E-state index contributed by atoms with van der Waals surface area (Å²) in [6.45, 7) is 7.16. The Morgan fingerprint density at radius 3 is 2.62 bits per heavy atom. The fourth-order valence-electron chi connectivity index (χ4n) is 3.71. The largest absolute Gasteiger partial charge is 0.504 e. The number of rotatable bonds is 6. The van der Waals surface area contributed by atoms with Crippen LogP contribution < -0.4 is 4.74 Å². The maximum atomic E-state index is 9.81. The molecule has 0 aromatic heterocycles. The number of phenolic OH excluding ortho intramolecular Hbond substituents is 1. The second-order valence-electron chi connectivity index (χ2n) is 7.27. The summed E-state index contributed by atoms with van der Waals surface area (Å²) >= 11 is 0. The summed E-state index contributed by atoms with van der Waals surface area (Å²) in [7, 11) is 0. The lowest BCUT2D eigenvalue weighted by Crippen LogP contribution is -2.43. The molecule has 1 aliphatic rings. The minimum absolute atomic E-state index is 0.158. The van der Waals surface area contributed by atoms with Crippen molar-refractivity contribution in [3.8, 4) is 11.5 Å². The van der Waals surface area contributed by atoms with Crippen molar-refractivity contribution in [2.45, 2.75) is 13.5 Å². The Bertz CT molecular complexity index is 989. The summed E-state index contributed by atoms with van der Waals surface area (Å²) in [5, 5.41) is 19.2. The number of piperazine rings is 1. The molecule has 0 radical (unpaired) electrons. The van der Waals surface area contributed by atoms with Gasteiger partial charge >= 0.3 is 0 Å². The fraction of sp³-hybridized carbons (Fsp3) is 0.292. The van der Waals surface area contributed by atoms with Crippen LogP contribution in [0.1, 0.15) is 18.1 Å². The first kappa shape index (κ1) is 19.3. The summed E-state index contributed by atoms with van der Waals surface area (Å²) < 4.78 is 5.44. The minimum atomic E-state index is 0.158. The van der Waals surface area contributed by atoms with E-state index in [1.807, 2.05) is 25.3 Å². The van der Waals surface area contributed by atoms with E-state index in [4.69, 9.17) is 4.74 Å². The third-order valence-corrected chi connectivity index (χ3v) is 5.28. The van der Waals surface area contributed by atoms with Crippen molar-refractivity contribution in [3.05, 3.63) is 71.8 Å². The van der Waals surface area contributed by atoms with Gasteiger partial charge in [-0.15, -0.1) is 0 Å². The SMILES string of the molecule is CCOc1cc(/C=N/N2CCN(Cc3cccc4ccccc34)CC2)ccc1O. The van der Waals surface area contributed by atoms with E-state index in [1.54, 1.807) is 6.07 Å². The quantitative estimate of drug-likeness (QED) is 0.645. The van der Waals surface area contributed by atoms with E-state index in [9.17, 15) is 5.11 Å². The first-order chi connectivity index (χ1) is 14.2. The summed E-state index contributed by atoms with van der Waals surface area (Å²) in [5.41, 5.74) is 2.30. The molecule has 1 fully saturated rings. The Balaban J connectivity index is 1.35. The predicted octanol–water partition coefficient (Wildman–Crippen LogP) is 4.10. The van der Waals surface area contributed by atoms with Crippen molar-refractivity contribution in [2.24, 2.45) is 5.10 Å². The topological polar surface area (TPSA) is 48.3 Å². The Labute approximate surface area is 171 Å². The Hall–Kier alpha value is -3.05. The molecule has 1 heterocycles. The van der Waals surface area contributed by atoms with Crippen molar-refractivity contribution >= 4 is 17.0 Å². The van der Waals surface area contributed by atoms with Gasteiger partial charge in [-0.25, -0.2) is 0 Å².